The summed E-state index contributed by atoms with van der Waals surface area (Å²) in [5.74, 6) is -0.654. The van der Waals surface area contributed by atoms with Gasteiger partial charge < -0.3 is 14.4 Å². The predicted molar refractivity (Wildman–Crippen MR) is 99.9 cm³/mol. The van der Waals surface area contributed by atoms with E-state index in [1.165, 1.54) is 16.2 Å². The van der Waals surface area contributed by atoms with Crippen LogP contribution in [0.4, 0.5) is 10.8 Å². The van der Waals surface area contributed by atoms with Crippen molar-refractivity contribution in [2.45, 2.75) is 26.4 Å². The second-order valence-corrected chi connectivity index (χ2v) is 6.83. The van der Waals surface area contributed by atoms with Crippen molar-refractivity contribution in [3.05, 3.63) is 35.3 Å². The molecule has 0 bridgehead atoms. The van der Waals surface area contributed by atoms with Crippen LogP contribution in [0.25, 0.3) is 0 Å². The van der Waals surface area contributed by atoms with Gasteiger partial charge >= 0.3 is 5.97 Å². The fourth-order valence-electron chi connectivity index (χ4n) is 2.58. The molecule has 0 fully saturated rings. The van der Waals surface area contributed by atoms with E-state index in [4.69, 9.17) is 9.47 Å². The number of carbonyl (C=O) groups excluding carboxylic acids is 3. The number of hydrogen-bond acceptors (Lipinski definition) is 7. The van der Waals surface area contributed by atoms with Gasteiger partial charge in [0.15, 0.2) is 17.8 Å². The van der Waals surface area contributed by atoms with Gasteiger partial charge in [-0.25, -0.2) is 4.98 Å². The highest BCUT2D eigenvalue weighted by atomic mass is 32.1. The largest absolute Gasteiger partial charge is 0.479 e. The lowest BCUT2D eigenvalue weighted by atomic mass is 10.2. The number of para-hydroxylation sites is 2. The Bertz CT molecular complexity index is 866. The van der Waals surface area contributed by atoms with Gasteiger partial charge in [0.25, 0.3) is 11.8 Å². The zero-order valence-corrected chi connectivity index (χ0v) is 15.7. The van der Waals surface area contributed by atoms with Crippen LogP contribution in [0.3, 0.4) is 0 Å². The van der Waals surface area contributed by atoms with Crippen molar-refractivity contribution in [2.24, 2.45) is 0 Å². The number of aryl methyl sites for hydroxylation is 1. The van der Waals surface area contributed by atoms with Gasteiger partial charge in [0.05, 0.1) is 17.8 Å². The second-order valence-electron chi connectivity index (χ2n) is 5.97. The molecule has 8 nitrogen and oxygen atoms in total. The molecule has 1 aliphatic rings. The molecule has 27 heavy (non-hydrogen) atoms. The summed E-state index contributed by atoms with van der Waals surface area (Å²) in [6, 6.07) is 7.14. The summed E-state index contributed by atoms with van der Waals surface area (Å²) in [4.78, 5) is 41.7. The van der Waals surface area contributed by atoms with Crippen molar-refractivity contribution in [2.75, 3.05) is 23.4 Å². The number of nitrogens with one attached hydrogen (secondary N) is 1. The molecule has 9 heteroatoms. The Hall–Kier alpha value is -2.94. The Morgan fingerprint density at radius 2 is 2.15 bits per heavy atom. The summed E-state index contributed by atoms with van der Waals surface area (Å²) in [6.45, 7) is 3.23. The van der Waals surface area contributed by atoms with Crippen LogP contribution < -0.4 is 15.0 Å². The molecule has 3 rings (SSSR count). The van der Waals surface area contributed by atoms with Gasteiger partial charge in [-0.1, -0.05) is 12.1 Å². The van der Waals surface area contributed by atoms with Crippen molar-refractivity contribution in [3.63, 3.8) is 0 Å². The molecule has 1 atom stereocenters. The van der Waals surface area contributed by atoms with Crippen LogP contribution in [0.2, 0.25) is 0 Å². The second kappa shape index (κ2) is 8.17. The number of fused-ring (bicyclic) bond motifs is 1. The molecule has 2 heterocycles. The lowest BCUT2D eigenvalue weighted by Gasteiger charge is -2.32. The molecule has 142 valence electrons. The highest BCUT2D eigenvalue weighted by Crippen LogP contribution is 2.33. The maximum atomic E-state index is 12.4. The number of nitrogens with zero attached hydrogens (tertiary/aromatic N) is 2. The number of anilines is 2. The van der Waals surface area contributed by atoms with Crippen molar-refractivity contribution in [1.82, 2.24) is 4.98 Å². The van der Waals surface area contributed by atoms with Crippen LogP contribution >= 0.6 is 11.3 Å². The van der Waals surface area contributed by atoms with E-state index in [-0.39, 0.29) is 18.9 Å². The first kappa shape index (κ1) is 18.8. The lowest BCUT2D eigenvalue weighted by molar-refractivity contribution is -0.147. The number of amides is 2. The molecule has 1 aromatic carbocycles. The fourth-order valence-corrected chi connectivity index (χ4v) is 3.28. The van der Waals surface area contributed by atoms with Gasteiger partial charge in [-0.2, -0.15) is 0 Å². The van der Waals surface area contributed by atoms with Crippen molar-refractivity contribution >= 4 is 39.9 Å². The van der Waals surface area contributed by atoms with E-state index in [1.54, 1.807) is 30.5 Å². The summed E-state index contributed by atoms with van der Waals surface area (Å²) >= 11 is 1.30. The molecule has 0 aliphatic carbocycles. The number of aromatic nitrogens is 1. The minimum absolute atomic E-state index is 0.0313. The number of hydrogen-bond donors (Lipinski definition) is 1. The Balaban J connectivity index is 1.50. The normalized spacial score (nSPS) is 15.7. The molecule has 1 N–H and O–H groups in total. The molecule has 0 saturated carbocycles. The van der Waals surface area contributed by atoms with Crippen molar-refractivity contribution in [1.29, 1.82) is 0 Å². The van der Waals surface area contributed by atoms with Crippen molar-refractivity contribution in [3.8, 4) is 5.75 Å². The molecule has 1 aliphatic heterocycles. The monoisotopic (exact) mass is 389 g/mol. The zero-order valence-electron chi connectivity index (χ0n) is 14.9. The van der Waals surface area contributed by atoms with Crippen molar-refractivity contribution < 1.29 is 23.9 Å². The third-order valence-corrected chi connectivity index (χ3v) is 4.72. The maximum absolute atomic E-state index is 12.4. The van der Waals surface area contributed by atoms with E-state index in [0.717, 1.165) is 5.69 Å². The number of carbonyl (C=O) groups is 3. The highest BCUT2D eigenvalue weighted by Gasteiger charge is 2.31. The van der Waals surface area contributed by atoms with E-state index >= 15 is 0 Å². The van der Waals surface area contributed by atoms with Gasteiger partial charge in [-0.3, -0.25) is 19.7 Å². The Labute approximate surface area is 160 Å². The smallest absolute Gasteiger partial charge is 0.308 e. The Morgan fingerprint density at radius 3 is 2.89 bits per heavy atom. The minimum atomic E-state index is -0.622. The molecule has 1 aromatic heterocycles. The number of thiazole rings is 1. The van der Waals surface area contributed by atoms with E-state index in [0.29, 0.717) is 16.6 Å². The standard InChI is InChI=1S/C18H19N3O5S/c1-11-10-27-18(19-11)20-15(22)9-25-16(23)7-8-21-13-5-3-4-6-14(13)26-12(2)17(21)24/h3-6,10,12H,7-9H2,1-2H3,(H,19,20,22). The summed E-state index contributed by atoms with van der Waals surface area (Å²) in [6.07, 6.45) is -0.653. The first-order valence-electron chi connectivity index (χ1n) is 8.38. The summed E-state index contributed by atoms with van der Waals surface area (Å²) in [5.41, 5.74) is 1.42. The van der Waals surface area contributed by atoms with E-state index in [2.05, 4.69) is 10.3 Å². The summed E-state index contributed by atoms with van der Waals surface area (Å²) in [5, 5.41) is 4.82. The van der Waals surface area contributed by atoms with Crippen LogP contribution in [0, 0.1) is 6.92 Å². The first-order valence-corrected chi connectivity index (χ1v) is 9.26. The quantitative estimate of drug-likeness (QED) is 0.760. The van der Waals surface area contributed by atoms with E-state index in [9.17, 15) is 14.4 Å². The van der Waals surface area contributed by atoms with Gasteiger partial charge in [0, 0.05) is 11.9 Å². The highest BCUT2D eigenvalue weighted by molar-refractivity contribution is 7.13. The third-order valence-electron chi connectivity index (χ3n) is 3.84. The van der Waals surface area contributed by atoms with E-state index in [1.807, 2.05) is 13.0 Å². The SMILES string of the molecule is Cc1csc(NC(=O)COC(=O)CCN2C(=O)C(C)Oc3ccccc32)n1. The average Bonchev–Trinajstić information content (AvgIpc) is 3.05. The topological polar surface area (TPSA) is 97.8 Å². The molecule has 2 amide bonds. The molecule has 1 unspecified atom stereocenters. The van der Waals surface area contributed by atoms with Gasteiger partial charge in [-0.05, 0) is 26.0 Å². The number of benzene rings is 1. The minimum Gasteiger partial charge on any atom is -0.479 e. The van der Waals surface area contributed by atoms with Crippen LogP contribution in [0.1, 0.15) is 19.0 Å². The summed E-state index contributed by atoms with van der Waals surface area (Å²) < 4.78 is 10.5. The zero-order chi connectivity index (χ0) is 19.4. The molecule has 0 saturated heterocycles. The maximum Gasteiger partial charge on any atom is 0.308 e. The molecule has 2 aromatic rings. The van der Waals surface area contributed by atoms with Crippen LogP contribution in [0.5, 0.6) is 5.75 Å². The number of ether oxygens (including phenoxy) is 2. The van der Waals surface area contributed by atoms with Gasteiger partial charge in [0.2, 0.25) is 0 Å². The molecular weight excluding hydrogens is 370 g/mol. The van der Waals surface area contributed by atoms with Crippen LogP contribution in [0.15, 0.2) is 29.6 Å². The molecule has 0 spiro atoms. The Morgan fingerprint density at radius 1 is 1.37 bits per heavy atom. The number of esters is 1. The third kappa shape index (κ3) is 4.62. The van der Waals surface area contributed by atoms with Crippen LogP contribution in [-0.4, -0.2) is 42.0 Å². The number of rotatable bonds is 6. The van der Waals surface area contributed by atoms with Crippen LogP contribution in [-0.2, 0) is 19.1 Å². The molecular formula is C18H19N3O5S. The van der Waals surface area contributed by atoms with Gasteiger partial charge in [-0.15, -0.1) is 11.3 Å². The first-order chi connectivity index (χ1) is 12.9. The van der Waals surface area contributed by atoms with Gasteiger partial charge in [0.1, 0.15) is 5.75 Å². The summed E-state index contributed by atoms with van der Waals surface area (Å²) in [7, 11) is 0. The molecule has 0 radical (unpaired) electrons. The van der Waals surface area contributed by atoms with E-state index < -0.39 is 24.6 Å². The average molecular weight is 389 g/mol. The fraction of sp³-hybridized carbons (Fsp3) is 0.333. The lowest BCUT2D eigenvalue weighted by Crippen LogP contribution is -2.45. The Kier molecular flexibility index (Phi) is 5.70. The predicted octanol–water partition coefficient (Wildman–Crippen LogP) is 2.14.